The van der Waals surface area contributed by atoms with E-state index < -0.39 is 0 Å². The van der Waals surface area contributed by atoms with Gasteiger partial charge in [-0.05, 0) is 24.1 Å². The Balaban J connectivity index is 2.57. The van der Waals surface area contributed by atoms with Crippen LogP contribution in [0.5, 0.6) is 0 Å². The van der Waals surface area contributed by atoms with Crippen LogP contribution >= 0.6 is 23.2 Å². The van der Waals surface area contributed by atoms with Crippen molar-refractivity contribution in [3.8, 4) is 0 Å². The molecule has 0 spiro atoms. The summed E-state index contributed by atoms with van der Waals surface area (Å²) >= 11 is 12.0. The number of hydrogen-bond donors (Lipinski definition) is 2. The number of amides is 1. The number of carbonyl (C=O) groups excluding carboxylic acids is 1. The highest BCUT2D eigenvalue weighted by Gasteiger charge is 2.12. The zero-order chi connectivity index (χ0) is 13.5. The molecule has 0 fully saturated rings. The first-order valence-electron chi connectivity index (χ1n) is 5.97. The summed E-state index contributed by atoms with van der Waals surface area (Å²) in [5.41, 5.74) is 1.03. The molecule has 18 heavy (non-hydrogen) atoms. The number of benzene rings is 1. The molecule has 0 aliphatic heterocycles. The van der Waals surface area contributed by atoms with Crippen molar-refractivity contribution in [2.24, 2.45) is 0 Å². The standard InChI is InChI=1S/C13H18Cl2N2O/c1-3-13(17-7-6-16-9(2)18)11-5-4-10(14)8-12(11)15/h4-5,8,13,17H,3,6-7H2,1-2H3,(H,16,18). The van der Waals surface area contributed by atoms with E-state index in [0.717, 1.165) is 12.0 Å². The smallest absolute Gasteiger partial charge is 0.216 e. The van der Waals surface area contributed by atoms with E-state index in [-0.39, 0.29) is 11.9 Å². The van der Waals surface area contributed by atoms with Crippen molar-refractivity contribution in [2.45, 2.75) is 26.3 Å². The van der Waals surface area contributed by atoms with E-state index in [1.54, 1.807) is 6.07 Å². The molecule has 0 aliphatic rings. The maximum atomic E-state index is 10.7. The fraction of sp³-hybridized carbons (Fsp3) is 0.462. The van der Waals surface area contributed by atoms with Gasteiger partial charge in [0.1, 0.15) is 0 Å². The van der Waals surface area contributed by atoms with Crippen molar-refractivity contribution < 1.29 is 4.79 Å². The van der Waals surface area contributed by atoms with Crippen LogP contribution in [0, 0.1) is 0 Å². The van der Waals surface area contributed by atoms with E-state index in [1.165, 1.54) is 6.92 Å². The maximum Gasteiger partial charge on any atom is 0.216 e. The Bertz CT molecular complexity index is 410. The van der Waals surface area contributed by atoms with Gasteiger partial charge in [0.25, 0.3) is 0 Å². The molecular weight excluding hydrogens is 271 g/mol. The highest BCUT2D eigenvalue weighted by Crippen LogP contribution is 2.27. The van der Waals surface area contributed by atoms with Gasteiger partial charge < -0.3 is 10.6 Å². The third-order valence-electron chi connectivity index (χ3n) is 2.64. The number of hydrogen-bond acceptors (Lipinski definition) is 2. The van der Waals surface area contributed by atoms with Crippen LogP contribution in [-0.2, 0) is 4.79 Å². The summed E-state index contributed by atoms with van der Waals surface area (Å²) in [6, 6.07) is 5.69. The first kappa shape index (κ1) is 15.3. The quantitative estimate of drug-likeness (QED) is 0.790. The van der Waals surface area contributed by atoms with Crippen LogP contribution in [0.3, 0.4) is 0 Å². The molecule has 3 nitrogen and oxygen atoms in total. The van der Waals surface area contributed by atoms with Gasteiger partial charge in [-0.1, -0.05) is 36.2 Å². The molecule has 1 aromatic rings. The minimum absolute atomic E-state index is 0.0191. The van der Waals surface area contributed by atoms with Gasteiger partial charge in [0.05, 0.1) is 0 Å². The Morgan fingerprint density at radius 1 is 1.33 bits per heavy atom. The van der Waals surface area contributed by atoms with Gasteiger partial charge in [-0.3, -0.25) is 4.79 Å². The second-order valence-electron chi connectivity index (χ2n) is 4.06. The van der Waals surface area contributed by atoms with E-state index >= 15 is 0 Å². The summed E-state index contributed by atoms with van der Waals surface area (Å²) in [4.78, 5) is 10.7. The molecule has 1 aromatic carbocycles. The Morgan fingerprint density at radius 2 is 2.06 bits per heavy atom. The van der Waals surface area contributed by atoms with Crippen molar-refractivity contribution in [3.63, 3.8) is 0 Å². The molecule has 0 bridgehead atoms. The van der Waals surface area contributed by atoms with Crippen molar-refractivity contribution in [2.75, 3.05) is 13.1 Å². The molecule has 0 aromatic heterocycles. The third-order valence-corrected chi connectivity index (χ3v) is 3.20. The van der Waals surface area contributed by atoms with Gasteiger partial charge in [-0.25, -0.2) is 0 Å². The lowest BCUT2D eigenvalue weighted by Gasteiger charge is -2.19. The van der Waals surface area contributed by atoms with Gasteiger partial charge in [-0.15, -0.1) is 0 Å². The molecule has 1 unspecified atom stereocenters. The van der Waals surface area contributed by atoms with Gasteiger partial charge in [-0.2, -0.15) is 0 Å². The Morgan fingerprint density at radius 3 is 2.61 bits per heavy atom. The largest absolute Gasteiger partial charge is 0.355 e. The second-order valence-corrected chi connectivity index (χ2v) is 4.91. The van der Waals surface area contributed by atoms with Gasteiger partial charge >= 0.3 is 0 Å². The van der Waals surface area contributed by atoms with Gasteiger partial charge in [0.2, 0.25) is 5.91 Å². The van der Waals surface area contributed by atoms with E-state index in [4.69, 9.17) is 23.2 Å². The highest BCUT2D eigenvalue weighted by molar-refractivity contribution is 6.35. The van der Waals surface area contributed by atoms with E-state index in [9.17, 15) is 4.79 Å². The lowest BCUT2D eigenvalue weighted by molar-refractivity contribution is -0.118. The van der Waals surface area contributed by atoms with Crippen molar-refractivity contribution in [1.29, 1.82) is 0 Å². The number of carbonyl (C=O) groups is 1. The Hall–Kier alpha value is -0.770. The fourth-order valence-corrected chi connectivity index (χ4v) is 2.28. The fourth-order valence-electron chi connectivity index (χ4n) is 1.74. The summed E-state index contributed by atoms with van der Waals surface area (Å²) in [5, 5.41) is 7.41. The van der Waals surface area contributed by atoms with Crippen LogP contribution in [0.4, 0.5) is 0 Å². The SMILES string of the molecule is CCC(NCCNC(C)=O)c1ccc(Cl)cc1Cl. The molecule has 0 radical (unpaired) electrons. The molecule has 5 heteroatoms. The van der Waals surface area contributed by atoms with Crippen LogP contribution in [0.15, 0.2) is 18.2 Å². The van der Waals surface area contributed by atoms with Crippen LogP contribution in [0.1, 0.15) is 31.9 Å². The molecule has 0 aliphatic carbocycles. The summed E-state index contributed by atoms with van der Waals surface area (Å²) in [7, 11) is 0. The number of halogens is 2. The molecule has 1 rings (SSSR count). The molecular formula is C13H18Cl2N2O. The molecule has 1 atom stereocenters. The number of rotatable bonds is 6. The molecule has 2 N–H and O–H groups in total. The average Bonchev–Trinajstić information content (AvgIpc) is 2.30. The number of nitrogens with one attached hydrogen (secondary N) is 2. The van der Waals surface area contributed by atoms with Gasteiger partial charge in [0.15, 0.2) is 0 Å². The van der Waals surface area contributed by atoms with E-state index in [2.05, 4.69) is 17.6 Å². The molecule has 0 saturated carbocycles. The van der Waals surface area contributed by atoms with Crippen LogP contribution < -0.4 is 10.6 Å². The van der Waals surface area contributed by atoms with Gasteiger partial charge in [0, 0.05) is 36.1 Å². The van der Waals surface area contributed by atoms with Crippen molar-refractivity contribution in [3.05, 3.63) is 33.8 Å². The normalized spacial score (nSPS) is 12.2. The lowest BCUT2D eigenvalue weighted by atomic mass is 10.0. The van der Waals surface area contributed by atoms with E-state index in [0.29, 0.717) is 23.1 Å². The minimum atomic E-state index is -0.0191. The summed E-state index contributed by atoms with van der Waals surface area (Å²) in [5.74, 6) is -0.0191. The van der Waals surface area contributed by atoms with Crippen LogP contribution in [-0.4, -0.2) is 19.0 Å². The summed E-state index contributed by atoms with van der Waals surface area (Å²) < 4.78 is 0. The molecule has 1 amide bonds. The minimum Gasteiger partial charge on any atom is -0.355 e. The lowest BCUT2D eigenvalue weighted by Crippen LogP contribution is -2.32. The predicted molar refractivity (Wildman–Crippen MR) is 76.2 cm³/mol. The maximum absolute atomic E-state index is 10.7. The molecule has 0 saturated heterocycles. The monoisotopic (exact) mass is 288 g/mol. The summed E-state index contributed by atoms with van der Waals surface area (Å²) in [6.07, 6.45) is 0.918. The molecule has 0 heterocycles. The van der Waals surface area contributed by atoms with Crippen LogP contribution in [0.2, 0.25) is 10.0 Å². The second kappa shape index (κ2) is 7.62. The Kier molecular flexibility index (Phi) is 6.47. The van der Waals surface area contributed by atoms with E-state index in [1.807, 2.05) is 12.1 Å². The zero-order valence-electron chi connectivity index (χ0n) is 10.6. The highest BCUT2D eigenvalue weighted by atomic mass is 35.5. The van der Waals surface area contributed by atoms with Crippen LogP contribution in [0.25, 0.3) is 0 Å². The third kappa shape index (κ3) is 4.84. The summed E-state index contributed by atoms with van der Waals surface area (Å²) in [6.45, 7) is 4.91. The Labute approximate surface area is 118 Å². The topological polar surface area (TPSA) is 41.1 Å². The van der Waals surface area contributed by atoms with Crippen molar-refractivity contribution >= 4 is 29.1 Å². The first-order chi connectivity index (χ1) is 8.54. The average molecular weight is 289 g/mol. The predicted octanol–water partition coefficient (Wildman–Crippen LogP) is 3.17. The van der Waals surface area contributed by atoms with Crippen molar-refractivity contribution in [1.82, 2.24) is 10.6 Å². The molecule has 100 valence electrons. The zero-order valence-corrected chi connectivity index (χ0v) is 12.1. The first-order valence-corrected chi connectivity index (χ1v) is 6.73.